The Balaban J connectivity index is 1.74. The number of hydrogen-bond acceptors (Lipinski definition) is 3. The number of carbonyl (C=O) groups excluding carboxylic acids is 2. The molecule has 4 rings (SSSR count). The Morgan fingerprint density at radius 3 is 2.41 bits per heavy atom. The normalized spacial score (nSPS) is 15.4. The number of halogens is 1. The number of benzene rings is 2. The van der Waals surface area contributed by atoms with Gasteiger partial charge in [0.25, 0.3) is 11.8 Å². The molecule has 2 heterocycles. The Hall–Kier alpha value is -3.03. The van der Waals surface area contributed by atoms with Crippen molar-refractivity contribution in [3.8, 4) is 5.69 Å². The molecule has 1 N–H and O–H groups in total. The molecule has 1 aliphatic heterocycles. The maximum Gasteiger partial charge on any atom is 0.270 e. The first-order valence-electron chi connectivity index (χ1n) is 10.3. The van der Waals surface area contributed by atoms with Gasteiger partial charge in [0, 0.05) is 21.5 Å². The van der Waals surface area contributed by atoms with E-state index < -0.39 is 11.8 Å². The van der Waals surface area contributed by atoms with E-state index in [9.17, 15) is 9.59 Å². The summed E-state index contributed by atoms with van der Waals surface area (Å²) in [6.45, 7) is 6.03. The minimum Gasteiger partial charge on any atom is -0.318 e. The molecule has 0 unspecified atom stereocenters. The van der Waals surface area contributed by atoms with Crippen molar-refractivity contribution in [1.82, 2.24) is 9.88 Å². The maximum atomic E-state index is 13.3. The second kappa shape index (κ2) is 8.84. The van der Waals surface area contributed by atoms with Gasteiger partial charge in [-0.3, -0.25) is 19.8 Å². The van der Waals surface area contributed by atoms with Crippen molar-refractivity contribution in [3.05, 3.63) is 87.2 Å². The highest BCUT2D eigenvalue weighted by molar-refractivity contribution is 9.10. The number of aryl methyl sites for hydroxylation is 2. The van der Waals surface area contributed by atoms with Gasteiger partial charge in [-0.25, -0.2) is 0 Å². The number of amides is 2. The zero-order valence-electron chi connectivity index (χ0n) is 18.0. The van der Waals surface area contributed by atoms with Crippen molar-refractivity contribution < 1.29 is 9.59 Å². The van der Waals surface area contributed by atoms with Gasteiger partial charge in [0.1, 0.15) is 5.57 Å². The lowest BCUT2D eigenvalue weighted by molar-refractivity contribution is -0.122. The number of nitrogens with zero attached hydrogens (tertiary/aromatic N) is 2. The molecule has 5 nitrogen and oxygen atoms in total. The highest BCUT2D eigenvalue weighted by Crippen LogP contribution is 2.27. The summed E-state index contributed by atoms with van der Waals surface area (Å²) in [6, 6.07) is 17.5. The van der Waals surface area contributed by atoms with Crippen LogP contribution in [0.3, 0.4) is 0 Å². The number of nitrogens with one attached hydrogen (secondary N) is 1. The number of thiocarbonyl (C=S) groups is 1. The third-order valence-corrected chi connectivity index (χ3v) is 6.32. The topological polar surface area (TPSA) is 54.3 Å². The average molecular weight is 508 g/mol. The third-order valence-electron chi connectivity index (χ3n) is 5.54. The summed E-state index contributed by atoms with van der Waals surface area (Å²) >= 11 is 8.82. The van der Waals surface area contributed by atoms with Crippen LogP contribution in [0.4, 0.5) is 5.69 Å². The first-order valence-corrected chi connectivity index (χ1v) is 11.5. The maximum absolute atomic E-state index is 13.3. The molecule has 7 heteroatoms. The Bertz CT molecular complexity index is 1270. The Labute approximate surface area is 200 Å². The van der Waals surface area contributed by atoms with E-state index in [-0.39, 0.29) is 10.7 Å². The molecule has 1 saturated heterocycles. The average Bonchev–Trinajstić information content (AvgIpc) is 3.04. The second-order valence-corrected chi connectivity index (χ2v) is 8.92. The molecule has 3 aromatic rings. The van der Waals surface area contributed by atoms with E-state index >= 15 is 0 Å². The first kappa shape index (κ1) is 22.2. The van der Waals surface area contributed by atoms with Crippen LogP contribution in [0.1, 0.15) is 29.4 Å². The largest absolute Gasteiger partial charge is 0.318 e. The highest BCUT2D eigenvalue weighted by Gasteiger charge is 2.34. The van der Waals surface area contributed by atoms with E-state index in [2.05, 4.69) is 32.7 Å². The number of anilines is 1. The van der Waals surface area contributed by atoms with Crippen molar-refractivity contribution in [3.63, 3.8) is 0 Å². The van der Waals surface area contributed by atoms with Crippen molar-refractivity contribution in [2.75, 3.05) is 4.90 Å². The molecule has 1 aliphatic rings. The minimum atomic E-state index is -0.492. The van der Waals surface area contributed by atoms with Crippen LogP contribution in [0.25, 0.3) is 11.8 Å². The van der Waals surface area contributed by atoms with Crippen LogP contribution in [0.5, 0.6) is 0 Å². The molecular weight excluding hydrogens is 486 g/mol. The summed E-state index contributed by atoms with van der Waals surface area (Å²) in [5.74, 6) is -0.927. The fraction of sp³-hybridized carbons (Fsp3) is 0.160. The van der Waals surface area contributed by atoms with Crippen LogP contribution in [0, 0.1) is 13.8 Å². The zero-order valence-corrected chi connectivity index (χ0v) is 20.4. The van der Waals surface area contributed by atoms with Crippen molar-refractivity contribution in [2.45, 2.75) is 27.2 Å². The van der Waals surface area contributed by atoms with E-state index in [4.69, 9.17) is 12.2 Å². The summed E-state index contributed by atoms with van der Waals surface area (Å²) in [5, 5.41) is 2.74. The predicted molar refractivity (Wildman–Crippen MR) is 135 cm³/mol. The summed E-state index contributed by atoms with van der Waals surface area (Å²) in [7, 11) is 0. The van der Waals surface area contributed by atoms with Crippen LogP contribution >= 0.6 is 28.1 Å². The molecule has 0 aliphatic carbocycles. The molecular formula is C25H22BrN3O2S. The lowest BCUT2D eigenvalue weighted by Crippen LogP contribution is -2.54. The monoisotopic (exact) mass is 507 g/mol. The molecule has 2 aromatic carbocycles. The van der Waals surface area contributed by atoms with E-state index in [0.717, 1.165) is 39.1 Å². The van der Waals surface area contributed by atoms with Crippen LogP contribution in [0.2, 0.25) is 0 Å². The van der Waals surface area contributed by atoms with E-state index in [1.807, 2.05) is 68.4 Å². The quantitative estimate of drug-likeness (QED) is 0.298. The van der Waals surface area contributed by atoms with E-state index in [1.165, 1.54) is 4.90 Å². The van der Waals surface area contributed by atoms with Gasteiger partial charge in [-0.05, 0) is 86.1 Å². The molecule has 1 fully saturated rings. The first-order chi connectivity index (χ1) is 15.3. The molecule has 32 heavy (non-hydrogen) atoms. The predicted octanol–water partition coefficient (Wildman–Crippen LogP) is 5.25. The molecule has 2 amide bonds. The Morgan fingerprint density at radius 1 is 1.03 bits per heavy atom. The fourth-order valence-electron chi connectivity index (χ4n) is 3.87. The van der Waals surface area contributed by atoms with Crippen LogP contribution in [0.15, 0.2) is 64.6 Å². The summed E-state index contributed by atoms with van der Waals surface area (Å²) < 4.78 is 3.07. The second-order valence-electron chi connectivity index (χ2n) is 7.62. The third kappa shape index (κ3) is 4.06. The summed E-state index contributed by atoms with van der Waals surface area (Å²) in [6.07, 6.45) is 2.54. The van der Waals surface area contributed by atoms with Gasteiger partial charge in [0.15, 0.2) is 5.11 Å². The molecule has 162 valence electrons. The lowest BCUT2D eigenvalue weighted by atomic mass is 10.1. The van der Waals surface area contributed by atoms with E-state index in [1.54, 1.807) is 6.08 Å². The standard InChI is InChI=1S/C25H22BrN3O2S/c1-4-17-8-10-20(11-9-17)29-24(31)22(23(30)27-25(29)32)13-18-12-15(2)28(16(18)3)21-7-5-6-19(26)14-21/h5-14H,4H2,1-3H3,(H,27,30,32)/b22-13+. The highest BCUT2D eigenvalue weighted by atomic mass is 79.9. The number of rotatable bonds is 4. The Kier molecular flexibility index (Phi) is 6.13. The SMILES string of the molecule is CCc1ccc(N2C(=O)/C(=C/c3cc(C)n(-c4cccc(Br)c4)c3C)C(=O)NC2=S)cc1. The van der Waals surface area contributed by atoms with Crippen LogP contribution < -0.4 is 10.2 Å². The summed E-state index contributed by atoms with van der Waals surface area (Å²) in [4.78, 5) is 27.4. The molecule has 0 radical (unpaired) electrons. The van der Waals surface area contributed by atoms with Gasteiger partial charge in [0.05, 0.1) is 5.69 Å². The van der Waals surface area contributed by atoms with Crippen molar-refractivity contribution in [1.29, 1.82) is 0 Å². The van der Waals surface area contributed by atoms with Gasteiger partial charge in [0.2, 0.25) is 0 Å². The molecule has 0 bridgehead atoms. The van der Waals surface area contributed by atoms with Gasteiger partial charge >= 0.3 is 0 Å². The smallest absolute Gasteiger partial charge is 0.270 e. The molecule has 0 saturated carbocycles. The molecule has 0 spiro atoms. The number of carbonyl (C=O) groups is 2. The molecule has 1 aromatic heterocycles. The summed E-state index contributed by atoms with van der Waals surface area (Å²) in [5.41, 5.74) is 5.56. The fourth-order valence-corrected chi connectivity index (χ4v) is 4.54. The number of aromatic nitrogens is 1. The lowest BCUT2D eigenvalue weighted by Gasteiger charge is -2.29. The minimum absolute atomic E-state index is 0.0488. The molecule has 0 atom stereocenters. The van der Waals surface area contributed by atoms with Crippen LogP contribution in [-0.2, 0) is 16.0 Å². The van der Waals surface area contributed by atoms with Gasteiger partial charge in [-0.1, -0.05) is 41.1 Å². The van der Waals surface area contributed by atoms with Crippen molar-refractivity contribution in [2.24, 2.45) is 0 Å². The van der Waals surface area contributed by atoms with Crippen molar-refractivity contribution >= 4 is 56.8 Å². The van der Waals surface area contributed by atoms with Gasteiger partial charge < -0.3 is 4.57 Å². The van der Waals surface area contributed by atoms with E-state index in [0.29, 0.717) is 5.69 Å². The van der Waals surface area contributed by atoms with Crippen LogP contribution in [-0.4, -0.2) is 21.5 Å². The van der Waals surface area contributed by atoms with Gasteiger partial charge in [-0.15, -0.1) is 0 Å². The zero-order chi connectivity index (χ0) is 23.0. The Morgan fingerprint density at radius 2 is 1.75 bits per heavy atom. The number of hydrogen-bond donors (Lipinski definition) is 1. The van der Waals surface area contributed by atoms with Gasteiger partial charge in [-0.2, -0.15) is 0 Å².